The third-order valence-electron chi connectivity index (χ3n) is 4.59. The highest BCUT2D eigenvalue weighted by Gasteiger charge is 2.36. The van der Waals surface area contributed by atoms with Crippen LogP contribution < -0.4 is 9.80 Å². The SMILES string of the molecule is Cc1nnc(N(C)C2CCN(c3ccccc3)C2=O)c(C#N)c1C. The Morgan fingerprint density at radius 2 is 1.96 bits per heavy atom. The maximum atomic E-state index is 12.8. The summed E-state index contributed by atoms with van der Waals surface area (Å²) in [6, 6.07) is 11.5. The zero-order chi connectivity index (χ0) is 17.3. The van der Waals surface area contributed by atoms with Crippen molar-refractivity contribution in [2.24, 2.45) is 0 Å². The van der Waals surface area contributed by atoms with Crippen LogP contribution in [0.5, 0.6) is 0 Å². The van der Waals surface area contributed by atoms with Crippen LogP contribution in [-0.2, 0) is 4.79 Å². The molecule has 0 aliphatic carbocycles. The first-order valence-corrected chi connectivity index (χ1v) is 7.88. The molecule has 122 valence electrons. The molecule has 1 saturated heterocycles. The summed E-state index contributed by atoms with van der Waals surface area (Å²) in [5, 5.41) is 17.8. The summed E-state index contributed by atoms with van der Waals surface area (Å²) < 4.78 is 0. The average Bonchev–Trinajstić information content (AvgIpc) is 2.99. The van der Waals surface area contributed by atoms with Crippen LogP contribution >= 0.6 is 0 Å². The number of rotatable bonds is 3. The van der Waals surface area contributed by atoms with Gasteiger partial charge in [0.1, 0.15) is 17.7 Å². The number of anilines is 2. The lowest BCUT2D eigenvalue weighted by Crippen LogP contribution is -2.40. The Balaban J connectivity index is 1.90. The molecule has 1 amide bonds. The van der Waals surface area contributed by atoms with E-state index in [-0.39, 0.29) is 11.9 Å². The highest BCUT2D eigenvalue weighted by atomic mass is 16.2. The zero-order valence-electron chi connectivity index (χ0n) is 14.0. The number of hydrogen-bond donors (Lipinski definition) is 0. The van der Waals surface area contributed by atoms with Crippen molar-refractivity contribution in [1.29, 1.82) is 5.26 Å². The predicted octanol–water partition coefficient (Wildman–Crippen LogP) is 2.21. The Morgan fingerprint density at radius 1 is 1.25 bits per heavy atom. The van der Waals surface area contributed by atoms with Crippen LogP contribution in [-0.4, -0.2) is 35.7 Å². The first-order chi connectivity index (χ1) is 11.5. The molecule has 6 heteroatoms. The molecule has 3 rings (SSSR count). The Hall–Kier alpha value is -2.94. The summed E-state index contributed by atoms with van der Waals surface area (Å²) in [6.45, 7) is 4.33. The van der Waals surface area contributed by atoms with Gasteiger partial charge in [-0.2, -0.15) is 10.4 Å². The van der Waals surface area contributed by atoms with Crippen molar-refractivity contribution in [3.8, 4) is 6.07 Å². The van der Waals surface area contributed by atoms with E-state index in [9.17, 15) is 10.1 Å². The van der Waals surface area contributed by atoms with Gasteiger partial charge in [-0.15, -0.1) is 5.10 Å². The Bertz CT molecular complexity index is 812. The van der Waals surface area contributed by atoms with Crippen molar-refractivity contribution < 1.29 is 4.79 Å². The van der Waals surface area contributed by atoms with Gasteiger partial charge in [0.2, 0.25) is 5.91 Å². The van der Waals surface area contributed by atoms with E-state index in [1.54, 1.807) is 16.8 Å². The fraction of sp³-hybridized carbons (Fsp3) is 0.333. The van der Waals surface area contributed by atoms with Crippen LogP contribution in [0.4, 0.5) is 11.5 Å². The van der Waals surface area contributed by atoms with Gasteiger partial charge in [0.15, 0.2) is 5.82 Å². The number of benzene rings is 1. The van der Waals surface area contributed by atoms with Gasteiger partial charge in [-0.3, -0.25) is 4.79 Å². The summed E-state index contributed by atoms with van der Waals surface area (Å²) in [5.74, 6) is 0.487. The third-order valence-corrected chi connectivity index (χ3v) is 4.59. The number of nitrogens with zero attached hydrogens (tertiary/aromatic N) is 5. The Labute approximate surface area is 141 Å². The van der Waals surface area contributed by atoms with E-state index in [0.717, 1.165) is 16.9 Å². The van der Waals surface area contributed by atoms with Gasteiger partial charge in [-0.05, 0) is 38.0 Å². The molecular formula is C18H19N5O. The molecule has 2 heterocycles. The lowest BCUT2D eigenvalue weighted by molar-refractivity contribution is -0.118. The van der Waals surface area contributed by atoms with Crippen LogP contribution in [0.15, 0.2) is 30.3 Å². The van der Waals surface area contributed by atoms with Crippen molar-refractivity contribution in [2.75, 3.05) is 23.4 Å². The second-order valence-corrected chi connectivity index (χ2v) is 5.96. The van der Waals surface area contributed by atoms with Crippen LogP contribution in [0.3, 0.4) is 0 Å². The second-order valence-electron chi connectivity index (χ2n) is 5.96. The number of aromatic nitrogens is 2. The monoisotopic (exact) mass is 321 g/mol. The number of hydrogen-bond acceptors (Lipinski definition) is 5. The molecule has 1 aliphatic rings. The predicted molar refractivity (Wildman–Crippen MR) is 91.8 cm³/mol. The van der Waals surface area contributed by atoms with E-state index in [2.05, 4.69) is 16.3 Å². The van der Waals surface area contributed by atoms with E-state index >= 15 is 0 Å². The molecule has 0 spiro atoms. The van der Waals surface area contributed by atoms with Crippen LogP contribution in [0.2, 0.25) is 0 Å². The van der Waals surface area contributed by atoms with Gasteiger partial charge >= 0.3 is 0 Å². The van der Waals surface area contributed by atoms with Gasteiger partial charge in [-0.25, -0.2) is 0 Å². The first kappa shape index (κ1) is 15.9. The standard InChI is InChI=1S/C18H19N5O/c1-12-13(2)20-21-17(15(12)11-19)22(3)16-9-10-23(18(16)24)14-7-5-4-6-8-14/h4-8,16H,9-10H2,1-3H3. The normalized spacial score (nSPS) is 17.0. The highest BCUT2D eigenvalue weighted by molar-refractivity contribution is 6.01. The summed E-state index contributed by atoms with van der Waals surface area (Å²) >= 11 is 0. The van der Waals surface area contributed by atoms with E-state index < -0.39 is 0 Å². The molecule has 2 aromatic rings. The quantitative estimate of drug-likeness (QED) is 0.866. The van der Waals surface area contributed by atoms with Crippen LogP contribution in [0.25, 0.3) is 0 Å². The number of nitriles is 1. The maximum Gasteiger partial charge on any atom is 0.249 e. The van der Waals surface area contributed by atoms with Gasteiger partial charge in [0.05, 0.1) is 5.69 Å². The molecule has 1 aromatic carbocycles. The third kappa shape index (κ3) is 2.58. The summed E-state index contributed by atoms with van der Waals surface area (Å²) in [7, 11) is 1.80. The number of carbonyl (C=O) groups excluding carboxylic acids is 1. The molecule has 1 atom stereocenters. The number of likely N-dealkylation sites (N-methyl/N-ethyl adjacent to an activating group) is 1. The zero-order valence-corrected chi connectivity index (χ0v) is 14.0. The lowest BCUT2D eigenvalue weighted by Gasteiger charge is -2.25. The van der Waals surface area contributed by atoms with E-state index in [1.165, 1.54) is 0 Å². The minimum Gasteiger partial charge on any atom is -0.345 e. The Kier molecular flexibility index (Phi) is 4.17. The van der Waals surface area contributed by atoms with Crippen molar-refractivity contribution >= 4 is 17.4 Å². The number of carbonyl (C=O) groups is 1. The van der Waals surface area contributed by atoms with Gasteiger partial charge in [0.25, 0.3) is 0 Å². The van der Waals surface area contributed by atoms with Gasteiger partial charge in [0, 0.05) is 19.3 Å². The molecule has 1 unspecified atom stereocenters. The Morgan fingerprint density at radius 3 is 2.62 bits per heavy atom. The summed E-state index contributed by atoms with van der Waals surface area (Å²) in [6.07, 6.45) is 0.684. The number of amides is 1. The number of para-hydroxylation sites is 1. The van der Waals surface area contributed by atoms with Gasteiger partial charge in [-0.1, -0.05) is 18.2 Å². The molecule has 0 saturated carbocycles. The fourth-order valence-corrected chi connectivity index (χ4v) is 3.01. The molecule has 6 nitrogen and oxygen atoms in total. The first-order valence-electron chi connectivity index (χ1n) is 7.88. The minimum atomic E-state index is -0.339. The number of aryl methyl sites for hydroxylation is 1. The fourth-order valence-electron chi connectivity index (χ4n) is 3.01. The second kappa shape index (κ2) is 6.28. The molecule has 0 N–H and O–H groups in total. The smallest absolute Gasteiger partial charge is 0.249 e. The molecule has 1 aliphatic heterocycles. The van der Waals surface area contributed by atoms with Crippen molar-refractivity contribution in [3.63, 3.8) is 0 Å². The van der Waals surface area contributed by atoms with Crippen molar-refractivity contribution in [1.82, 2.24) is 10.2 Å². The topological polar surface area (TPSA) is 73.1 Å². The molecule has 1 fully saturated rings. The van der Waals surface area contributed by atoms with Crippen LogP contribution in [0, 0.1) is 25.2 Å². The highest BCUT2D eigenvalue weighted by Crippen LogP contribution is 2.28. The lowest BCUT2D eigenvalue weighted by atomic mass is 10.1. The molecular weight excluding hydrogens is 302 g/mol. The molecule has 1 aromatic heterocycles. The van der Waals surface area contributed by atoms with E-state index in [0.29, 0.717) is 24.3 Å². The molecule has 24 heavy (non-hydrogen) atoms. The van der Waals surface area contributed by atoms with Crippen LogP contribution in [0.1, 0.15) is 23.2 Å². The van der Waals surface area contributed by atoms with Crippen molar-refractivity contribution in [3.05, 3.63) is 47.2 Å². The molecule has 0 bridgehead atoms. The van der Waals surface area contributed by atoms with Crippen molar-refractivity contribution in [2.45, 2.75) is 26.3 Å². The largest absolute Gasteiger partial charge is 0.345 e. The summed E-state index contributed by atoms with van der Waals surface area (Å²) in [4.78, 5) is 16.4. The molecule has 0 radical (unpaired) electrons. The summed E-state index contributed by atoms with van der Waals surface area (Å²) in [5.41, 5.74) is 2.91. The minimum absolute atomic E-state index is 0.0209. The average molecular weight is 321 g/mol. The van der Waals surface area contributed by atoms with E-state index in [1.807, 2.05) is 44.2 Å². The van der Waals surface area contributed by atoms with Gasteiger partial charge < -0.3 is 9.80 Å². The van der Waals surface area contributed by atoms with E-state index in [4.69, 9.17) is 0 Å². The maximum absolute atomic E-state index is 12.8.